The van der Waals surface area contributed by atoms with Crippen LogP contribution in [0.2, 0.25) is 0 Å². The van der Waals surface area contributed by atoms with Gasteiger partial charge in [0.15, 0.2) is 0 Å². The molecule has 1 atom stereocenters. The Kier molecular flexibility index (Phi) is 8.15. The Balaban J connectivity index is 2.13. The van der Waals surface area contributed by atoms with E-state index in [1.807, 2.05) is 6.92 Å². The molecule has 1 amide bonds. The van der Waals surface area contributed by atoms with Crippen LogP contribution in [0.15, 0.2) is 28.8 Å². The smallest absolute Gasteiger partial charge is 0.384 e. The van der Waals surface area contributed by atoms with Crippen LogP contribution >= 0.6 is 0 Å². The quantitative estimate of drug-likeness (QED) is 0.592. The molecule has 0 aliphatic rings. The summed E-state index contributed by atoms with van der Waals surface area (Å²) < 4.78 is 52.3. The molecule has 2 rings (SSSR count). The summed E-state index contributed by atoms with van der Waals surface area (Å²) in [7, 11) is 3.11. The summed E-state index contributed by atoms with van der Waals surface area (Å²) in [5, 5.41) is 3.37. The van der Waals surface area contributed by atoms with Crippen LogP contribution < -0.4 is 0 Å². The van der Waals surface area contributed by atoms with Crippen LogP contribution in [0.1, 0.15) is 24.8 Å². The van der Waals surface area contributed by atoms with Crippen molar-refractivity contribution in [2.45, 2.75) is 26.1 Å². The minimum Gasteiger partial charge on any atom is -0.384 e. The first-order valence-electron chi connectivity index (χ1n) is 9.07. The standard InChI is InChI=1S/C19H24F3N3O4/c1-4-14(12-28-3)17(26)25(9-10-27-2)11-13-5-7-15(8-6-13)16-23-18(29-24-16)19(20,21)22/h5-8,14H,4,9-12H2,1-3H3. The number of rotatable bonds is 10. The third-order valence-electron chi connectivity index (χ3n) is 4.34. The predicted octanol–water partition coefficient (Wildman–Crippen LogP) is 3.40. The highest BCUT2D eigenvalue weighted by Gasteiger charge is 2.38. The number of hydrogen-bond donors (Lipinski definition) is 0. The van der Waals surface area contributed by atoms with Crippen molar-refractivity contribution >= 4 is 5.91 Å². The molecule has 2 aromatic rings. The van der Waals surface area contributed by atoms with Gasteiger partial charge in [-0.3, -0.25) is 4.79 Å². The zero-order valence-corrected chi connectivity index (χ0v) is 16.5. The zero-order chi connectivity index (χ0) is 21.4. The van der Waals surface area contributed by atoms with Crippen LogP contribution in [-0.2, 0) is 27.0 Å². The number of halogens is 3. The second kappa shape index (κ2) is 10.4. The molecule has 1 aromatic heterocycles. The summed E-state index contributed by atoms with van der Waals surface area (Å²) in [6, 6.07) is 6.60. The minimum absolute atomic E-state index is 0.0385. The molecule has 160 valence electrons. The van der Waals surface area contributed by atoms with E-state index in [4.69, 9.17) is 9.47 Å². The number of nitrogens with zero attached hydrogens (tertiary/aromatic N) is 3. The Hall–Kier alpha value is -2.46. The van der Waals surface area contributed by atoms with Crippen LogP contribution in [0.3, 0.4) is 0 Å². The average molecular weight is 415 g/mol. The topological polar surface area (TPSA) is 77.7 Å². The van der Waals surface area contributed by atoms with Gasteiger partial charge in [0.05, 0.1) is 19.1 Å². The van der Waals surface area contributed by atoms with Crippen LogP contribution in [0.4, 0.5) is 13.2 Å². The van der Waals surface area contributed by atoms with Crippen molar-refractivity contribution in [3.63, 3.8) is 0 Å². The molecule has 0 N–H and O–H groups in total. The SMILES string of the molecule is CCC(COC)C(=O)N(CCOC)Cc1ccc(-c2noc(C(F)(F)F)n2)cc1. The van der Waals surface area contributed by atoms with Crippen molar-refractivity contribution in [2.75, 3.05) is 34.0 Å². The van der Waals surface area contributed by atoms with E-state index in [9.17, 15) is 18.0 Å². The average Bonchev–Trinajstić information content (AvgIpc) is 3.20. The van der Waals surface area contributed by atoms with Gasteiger partial charge in [0.1, 0.15) is 0 Å². The number of ether oxygens (including phenoxy) is 2. The summed E-state index contributed by atoms with van der Waals surface area (Å²) in [5.41, 5.74) is 1.19. The molecular formula is C19H24F3N3O4. The largest absolute Gasteiger partial charge is 0.471 e. The Labute approximate surface area is 166 Å². The van der Waals surface area contributed by atoms with Gasteiger partial charge in [0.2, 0.25) is 11.7 Å². The first-order chi connectivity index (χ1) is 13.8. The molecule has 1 aromatic carbocycles. The highest BCUT2D eigenvalue weighted by molar-refractivity contribution is 5.79. The molecule has 0 fully saturated rings. The van der Waals surface area contributed by atoms with E-state index in [1.165, 1.54) is 0 Å². The van der Waals surface area contributed by atoms with E-state index in [-0.39, 0.29) is 17.6 Å². The summed E-state index contributed by atoms with van der Waals surface area (Å²) in [5.74, 6) is -1.83. The number of amides is 1. The van der Waals surface area contributed by atoms with Crippen molar-refractivity contribution in [2.24, 2.45) is 5.92 Å². The van der Waals surface area contributed by atoms with E-state index in [0.717, 1.165) is 5.56 Å². The second-order valence-corrected chi connectivity index (χ2v) is 6.43. The molecule has 1 heterocycles. The predicted molar refractivity (Wildman–Crippen MR) is 97.7 cm³/mol. The lowest BCUT2D eigenvalue weighted by Crippen LogP contribution is -2.39. The maximum Gasteiger partial charge on any atom is 0.471 e. The maximum absolute atomic E-state index is 12.8. The minimum atomic E-state index is -4.69. The van der Waals surface area contributed by atoms with Gasteiger partial charge in [0, 0.05) is 32.9 Å². The van der Waals surface area contributed by atoms with E-state index in [1.54, 1.807) is 43.4 Å². The van der Waals surface area contributed by atoms with Gasteiger partial charge in [-0.05, 0) is 12.0 Å². The normalized spacial score (nSPS) is 12.8. The number of carbonyl (C=O) groups excluding carboxylic acids is 1. The molecule has 0 spiro atoms. The molecule has 29 heavy (non-hydrogen) atoms. The van der Waals surface area contributed by atoms with E-state index in [0.29, 0.717) is 38.3 Å². The summed E-state index contributed by atoms with van der Waals surface area (Å²) in [6.07, 6.45) is -4.04. The Bertz CT molecular complexity index is 778. The zero-order valence-electron chi connectivity index (χ0n) is 16.5. The molecule has 0 aliphatic heterocycles. The van der Waals surface area contributed by atoms with Gasteiger partial charge in [-0.15, -0.1) is 0 Å². The molecule has 7 nitrogen and oxygen atoms in total. The molecule has 0 radical (unpaired) electrons. The molecule has 0 aliphatic carbocycles. The lowest BCUT2D eigenvalue weighted by atomic mass is 10.0. The number of aromatic nitrogens is 2. The number of carbonyl (C=O) groups is 1. The molecular weight excluding hydrogens is 391 g/mol. The van der Waals surface area contributed by atoms with Gasteiger partial charge in [-0.1, -0.05) is 36.3 Å². The molecule has 10 heteroatoms. The molecule has 1 unspecified atom stereocenters. The van der Waals surface area contributed by atoms with Crippen molar-refractivity contribution < 1.29 is 32.0 Å². The highest BCUT2D eigenvalue weighted by atomic mass is 19.4. The van der Waals surface area contributed by atoms with E-state index >= 15 is 0 Å². The Morgan fingerprint density at radius 2 is 1.90 bits per heavy atom. The first kappa shape index (κ1) is 22.8. The maximum atomic E-state index is 12.8. The lowest BCUT2D eigenvalue weighted by molar-refractivity contribution is -0.159. The summed E-state index contributed by atoms with van der Waals surface area (Å²) >= 11 is 0. The molecule has 0 bridgehead atoms. The highest BCUT2D eigenvalue weighted by Crippen LogP contribution is 2.29. The fourth-order valence-corrected chi connectivity index (χ4v) is 2.73. The van der Waals surface area contributed by atoms with Gasteiger partial charge < -0.3 is 18.9 Å². The van der Waals surface area contributed by atoms with Gasteiger partial charge in [0.25, 0.3) is 0 Å². The number of hydrogen-bond acceptors (Lipinski definition) is 6. The molecule has 0 saturated carbocycles. The fourth-order valence-electron chi connectivity index (χ4n) is 2.73. The second-order valence-electron chi connectivity index (χ2n) is 6.43. The van der Waals surface area contributed by atoms with Gasteiger partial charge >= 0.3 is 12.1 Å². The fraction of sp³-hybridized carbons (Fsp3) is 0.526. The van der Waals surface area contributed by atoms with Crippen LogP contribution in [-0.4, -0.2) is 54.9 Å². The Morgan fingerprint density at radius 3 is 2.41 bits per heavy atom. The lowest BCUT2D eigenvalue weighted by Gasteiger charge is -2.26. The Morgan fingerprint density at radius 1 is 1.21 bits per heavy atom. The number of methoxy groups -OCH3 is 2. The third kappa shape index (κ3) is 6.26. The van der Waals surface area contributed by atoms with Crippen molar-refractivity contribution in [3.05, 3.63) is 35.7 Å². The number of benzene rings is 1. The van der Waals surface area contributed by atoms with Gasteiger partial charge in [-0.2, -0.15) is 18.2 Å². The molecule has 0 saturated heterocycles. The monoisotopic (exact) mass is 415 g/mol. The third-order valence-corrected chi connectivity index (χ3v) is 4.34. The van der Waals surface area contributed by atoms with Crippen molar-refractivity contribution in [3.8, 4) is 11.4 Å². The first-order valence-corrected chi connectivity index (χ1v) is 9.07. The summed E-state index contributed by atoms with van der Waals surface area (Å²) in [6.45, 7) is 3.39. The van der Waals surface area contributed by atoms with Crippen LogP contribution in [0.25, 0.3) is 11.4 Å². The summed E-state index contributed by atoms with van der Waals surface area (Å²) in [4.78, 5) is 17.9. The van der Waals surface area contributed by atoms with E-state index < -0.39 is 12.1 Å². The van der Waals surface area contributed by atoms with Crippen molar-refractivity contribution in [1.82, 2.24) is 15.0 Å². The van der Waals surface area contributed by atoms with Crippen LogP contribution in [0.5, 0.6) is 0 Å². The van der Waals surface area contributed by atoms with Crippen LogP contribution in [0, 0.1) is 5.92 Å². The van der Waals surface area contributed by atoms with Gasteiger partial charge in [-0.25, -0.2) is 0 Å². The number of alkyl halides is 3. The van der Waals surface area contributed by atoms with E-state index in [2.05, 4.69) is 14.7 Å². The van der Waals surface area contributed by atoms with Crippen molar-refractivity contribution in [1.29, 1.82) is 0 Å².